The molecule has 6 heteroatoms. The van der Waals surface area contributed by atoms with Gasteiger partial charge in [-0.1, -0.05) is 42.0 Å². The number of anilines is 1. The van der Waals surface area contributed by atoms with Gasteiger partial charge < -0.3 is 11.1 Å². The molecule has 0 atom stereocenters. The molecule has 2 aromatic carbocycles. The van der Waals surface area contributed by atoms with Gasteiger partial charge in [-0.2, -0.15) is 0 Å². The van der Waals surface area contributed by atoms with Gasteiger partial charge in [0.25, 0.3) is 5.91 Å². The van der Waals surface area contributed by atoms with Crippen LogP contribution in [0, 0.1) is 6.92 Å². The van der Waals surface area contributed by atoms with Crippen LogP contribution in [0.1, 0.15) is 15.9 Å². The quantitative estimate of drug-likeness (QED) is 0.708. The number of aryl methyl sites for hydroxylation is 1. The summed E-state index contributed by atoms with van der Waals surface area (Å²) in [7, 11) is 0. The summed E-state index contributed by atoms with van der Waals surface area (Å²) < 4.78 is 1.50. The van der Waals surface area contributed by atoms with Gasteiger partial charge in [0.2, 0.25) is 6.41 Å². The van der Waals surface area contributed by atoms with Gasteiger partial charge in [-0.3, -0.25) is 9.59 Å². The van der Waals surface area contributed by atoms with Crippen LogP contribution in [0.25, 0.3) is 16.8 Å². The van der Waals surface area contributed by atoms with Gasteiger partial charge in [0.15, 0.2) is 5.82 Å². The molecule has 6 nitrogen and oxygen atoms in total. The summed E-state index contributed by atoms with van der Waals surface area (Å²) in [6, 6.07) is 16.0. The highest BCUT2D eigenvalue weighted by Gasteiger charge is 2.14. The van der Waals surface area contributed by atoms with Crippen LogP contribution < -0.4 is 11.1 Å². The Kier molecular flexibility index (Phi) is 4.11. The van der Waals surface area contributed by atoms with Crippen molar-refractivity contribution in [2.45, 2.75) is 6.92 Å². The minimum atomic E-state index is -0.651. The van der Waals surface area contributed by atoms with Crippen molar-refractivity contribution < 1.29 is 9.59 Å². The van der Waals surface area contributed by atoms with Crippen molar-refractivity contribution in [1.82, 2.24) is 9.78 Å². The minimum Gasteiger partial charge on any atom is -0.365 e. The van der Waals surface area contributed by atoms with E-state index in [4.69, 9.17) is 5.73 Å². The fraction of sp³-hybridized carbons (Fsp3) is 0.0556. The van der Waals surface area contributed by atoms with Gasteiger partial charge in [0.05, 0.1) is 5.69 Å². The lowest BCUT2D eigenvalue weighted by Gasteiger charge is -2.05. The second kappa shape index (κ2) is 6.37. The van der Waals surface area contributed by atoms with Crippen LogP contribution in [0.5, 0.6) is 0 Å². The number of hydrogen-bond donors (Lipinski definition) is 2. The summed E-state index contributed by atoms with van der Waals surface area (Å²) in [5.41, 5.74) is 9.62. The smallest absolute Gasteiger partial charge is 0.254 e. The van der Waals surface area contributed by atoms with Crippen LogP contribution in [-0.2, 0) is 4.79 Å². The predicted octanol–water partition coefficient (Wildman–Crippen LogP) is 2.51. The maximum Gasteiger partial charge on any atom is 0.254 e. The zero-order valence-electron chi connectivity index (χ0n) is 13.1. The fourth-order valence-corrected chi connectivity index (χ4v) is 2.40. The van der Waals surface area contributed by atoms with Crippen LogP contribution in [0.3, 0.4) is 0 Å². The van der Waals surface area contributed by atoms with Crippen molar-refractivity contribution in [2.75, 3.05) is 5.32 Å². The van der Waals surface area contributed by atoms with E-state index in [1.165, 1.54) is 16.4 Å². The zero-order chi connectivity index (χ0) is 17.1. The molecule has 2 amide bonds. The standard InChI is InChI=1S/C18H16N4O2/c1-12-2-4-13(5-3-12)14-6-8-15(9-7-14)22-10-16(17(19)24)18(21-22)20-11-23/h2-11H,1H3,(H2,19,24)(H,20,21,23). The minimum absolute atomic E-state index is 0.139. The van der Waals surface area contributed by atoms with Gasteiger partial charge in [0.1, 0.15) is 5.56 Å². The van der Waals surface area contributed by atoms with Crippen molar-refractivity contribution >= 4 is 18.1 Å². The molecule has 0 fully saturated rings. The summed E-state index contributed by atoms with van der Waals surface area (Å²) in [6.07, 6.45) is 1.95. The highest BCUT2D eigenvalue weighted by Crippen LogP contribution is 2.22. The third-order valence-electron chi connectivity index (χ3n) is 3.69. The number of carbonyl (C=O) groups is 2. The van der Waals surface area contributed by atoms with E-state index >= 15 is 0 Å². The molecule has 1 heterocycles. The van der Waals surface area contributed by atoms with Crippen LogP contribution in [0.2, 0.25) is 0 Å². The molecule has 0 saturated carbocycles. The Balaban J connectivity index is 1.93. The topological polar surface area (TPSA) is 90.0 Å². The number of nitrogens with one attached hydrogen (secondary N) is 1. The molecule has 24 heavy (non-hydrogen) atoms. The largest absolute Gasteiger partial charge is 0.365 e. The van der Waals surface area contributed by atoms with Gasteiger partial charge in [-0.15, -0.1) is 5.10 Å². The van der Waals surface area contributed by atoms with Crippen molar-refractivity contribution in [3.63, 3.8) is 0 Å². The lowest BCUT2D eigenvalue weighted by molar-refractivity contribution is -0.105. The Labute approximate surface area is 138 Å². The fourth-order valence-electron chi connectivity index (χ4n) is 2.40. The molecule has 120 valence electrons. The third-order valence-corrected chi connectivity index (χ3v) is 3.69. The molecule has 1 aromatic heterocycles. The second-order valence-corrected chi connectivity index (χ2v) is 5.38. The van der Waals surface area contributed by atoms with Gasteiger partial charge in [-0.05, 0) is 30.2 Å². The number of nitrogens with zero attached hydrogens (tertiary/aromatic N) is 2. The van der Waals surface area contributed by atoms with Crippen LogP contribution >= 0.6 is 0 Å². The van der Waals surface area contributed by atoms with Crippen molar-refractivity contribution in [3.05, 3.63) is 65.9 Å². The molecule has 3 aromatic rings. The zero-order valence-corrected chi connectivity index (χ0v) is 13.1. The van der Waals surface area contributed by atoms with E-state index in [0.717, 1.165) is 16.8 Å². The highest BCUT2D eigenvalue weighted by atomic mass is 16.1. The summed E-state index contributed by atoms with van der Waals surface area (Å²) >= 11 is 0. The van der Waals surface area contributed by atoms with Gasteiger partial charge in [-0.25, -0.2) is 4.68 Å². The van der Waals surface area contributed by atoms with E-state index in [9.17, 15) is 9.59 Å². The first-order valence-corrected chi connectivity index (χ1v) is 7.35. The molecule has 0 spiro atoms. The van der Waals surface area contributed by atoms with Gasteiger partial charge >= 0.3 is 0 Å². The SMILES string of the molecule is Cc1ccc(-c2ccc(-n3cc(C(N)=O)c(NC=O)n3)cc2)cc1. The molecule has 0 saturated heterocycles. The Bertz CT molecular complexity index is 880. The van der Waals surface area contributed by atoms with E-state index in [0.29, 0.717) is 6.41 Å². The van der Waals surface area contributed by atoms with E-state index in [2.05, 4.69) is 34.7 Å². The number of rotatable bonds is 5. The van der Waals surface area contributed by atoms with Crippen molar-refractivity contribution in [3.8, 4) is 16.8 Å². The molecule has 3 N–H and O–H groups in total. The highest BCUT2D eigenvalue weighted by molar-refractivity contribution is 5.99. The average Bonchev–Trinajstić information content (AvgIpc) is 3.00. The van der Waals surface area contributed by atoms with Crippen LogP contribution in [0.4, 0.5) is 5.82 Å². The molecule has 0 aliphatic rings. The maximum absolute atomic E-state index is 11.4. The normalized spacial score (nSPS) is 10.4. The molecule has 0 aliphatic heterocycles. The summed E-state index contributed by atoms with van der Waals surface area (Å²) in [5.74, 6) is -0.512. The summed E-state index contributed by atoms with van der Waals surface area (Å²) in [6.45, 7) is 2.05. The van der Waals surface area contributed by atoms with E-state index < -0.39 is 5.91 Å². The number of primary amides is 1. The Morgan fingerprint density at radius 1 is 1.08 bits per heavy atom. The van der Waals surface area contributed by atoms with Crippen molar-refractivity contribution in [1.29, 1.82) is 0 Å². The van der Waals surface area contributed by atoms with Crippen LogP contribution in [0.15, 0.2) is 54.7 Å². The number of nitrogens with two attached hydrogens (primary N) is 1. The lowest BCUT2D eigenvalue weighted by Crippen LogP contribution is -2.12. The molecular weight excluding hydrogens is 304 g/mol. The summed E-state index contributed by atoms with van der Waals surface area (Å²) in [5, 5.41) is 6.56. The van der Waals surface area contributed by atoms with Gasteiger partial charge in [0, 0.05) is 6.20 Å². The first-order chi connectivity index (χ1) is 11.6. The average molecular weight is 320 g/mol. The first-order valence-electron chi connectivity index (χ1n) is 7.35. The maximum atomic E-state index is 11.4. The molecule has 0 unspecified atom stereocenters. The third kappa shape index (κ3) is 3.03. The molecule has 3 rings (SSSR count). The number of hydrogen-bond acceptors (Lipinski definition) is 3. The molecular formula is C18H16N4O2. The second-order valence-electron chi connectivity index (χ2n) is 5.38. The van der Waals surface area contributed by atoms with Crippen molar-refractivity contribution in [2.24, 2.45) is 5.73 Å². The van der Waals surface area contributed by atoms with E-state index in [1.54, 1.807) is 0 Å². The first kappa shape index (κ1) is 15.5. The predicted molar refractivity (Wildman–Crippen MR) is 91.9 cm³/mol. The Hall–Kier alpha value is -3.41. The Morgan fingerprint density at radius 3 is 2.21 bits per heavy atom. The number of aromatic nitrogens is 2. The number of amides is 2. The molecule has 0 aliphatic carbocycles. The number of benzene rings is 2. The molecule has 0 bridgehead atoms. The van der Waals surface area contributed by atoms with Crippen LogP contribution in [-0.4, -0.2) is 22.1 Å². The summed E-state index contributed by atoms with van der Waals surface area (Å²) in [4.78, 5) is 22.0. The molecule has 0 radical (unpaired) electrons. The van der Waals surface area contributed by atoms with E-state index in [1.807, 2.05) is 31.2 Å². The Morgan fingerprint density at radius 2 is 1.67 bits per heavy atom. The van der Waals surface area contributed by atoms with E-state index in [-0.39, 0.29) is 11.4 Å². The lowest BCUT2D eigenvalue weighted by atomic mass is 10.0. The number of carbonyl (C=O) groups excluding carboxylic acids is 2. The monoisotopic (exact) mass is 320 g/mol.